The Morgan fingerprint density at radius 1 is 1.00 bits per heavy atom. The second kappa shape index (κ2) is 16.8. The highest BCUT2D eigenvalue weighted by atomic mass is 33.1. The second-order valence-electron chi connectivity index (χ2n) is 7.52. The van der Waals surface area contributed by atoms with Crippen LogP contribution < -0.4 is 10.6 Å². The van der Waals surface area contributed by atoms with Gasteiger partial charge in [0.2, 0.25) is 5.91 Å². The van der Waals surface area contributed by atoms with Crippen LogP contribution in [0.25, 0.3) is 0 Å². The van der Waals surface area contributed by atoms with Crippen molar-refractivity contribution in [2.24, 2.45) is 0 Å². The summed E-state index contributed by atoms with van der Waals surface area (Å²) < 4.78 is 51.5. The minimum Gasteiger partial charge on any atom is -0.391 e. The molecular weight excluding hydrogens is 473 g/mol. The number of nitrogens with one attached hydrogen (secondary N) is 2. The molecule has 190 valence electrons. The number of halogens is 3. The Balaban J connectivity index is 3.62. The number of rotatable bonds is 18. The molecule has 0 aliphatic heterocycles. The lowest BCUT2D eigenvalue weighted by Gasteiger charge is -2.23. The third-order valence-electron chi connectivity index (χ3n) is 4.03. The molecule has 0 heterocycles. The number of carbonyl (C=O) groups is 2. The van der Waals surface area contributed by atoms with Gasteiger partial charge >= 0.3 is 12.1 Å². The zero-order valence-electron chi connectivity index (χ0n) is 19.0. The van der Waals surface area contributed by atoms with Gasteiger partial charge in [0.05, 0.1) is 38.6 Å². The second-order valence-corrected chi connectivity index (χ2v) is 10.5. The molecule has 13 heteroatoms. The van der Waals surface area contributed by atoms with Gasteiger partial charge in [-0.15, -0.1) is 0 Å². The van der Waals surface area contributed by atoms with Crippen LogP contribution >= 0.6 is 21.6 Å². The van der Waals surface area contributed by atoms with E-state index < -0.39 is 18.2 Å². The molecule has 8 nitrogen and oxygen atoms in total. The average molecular weight is 509 g/mol. The number of aliphatic hydroxyl groups excluding tert-OH is 1. The highest BCUT2D eigenvalue weighted by Gasteiger charge is 2.38. The zero-order chi connectivity index (χ0) is 24.6. The number of aliphatic hydroxyl groups is 1. The van der Waals surface area contributed by atoms with Gasteiger partial charge in [-0.3, -0.25) is 9.59 Å². The molecule has 0 fully saturated rings. The first kappa shape index (κ1) is 31.3. The Kier molecular flexibility index (Phi) is 16.4. The van der Waals surface area contributed by atoms with Crippen molar-refractivity contribution in [2.45, 2.75) is 63.7 Å². The van der Waals surface area contributed by atoms with Crippen molar-refractivity contribution in [1.82, 2.24) is 10.6 Å². The van der Waals surface area contributed by atoms with Crippen molar-refractivity contribution in [2.75, 3.05) is 45.5 Å². The van der Waals surface area contributed by atoms with E-state index in [2.05, 4.69) is 5.32 Å². The molecule has 0 bridgehead atoms. The first-order valence-corrected chi connectivity index (χ1v) is 12.5. The summed E-state index contributed by atoms with van der Waals surface area (Å²) in [5.41, 5.74) is 0. The number of alkyl halides is 3. The third-order valence-corrected chi connectivity index (χ3v) is 7.03. The maximum absolute atomic E-state index is 12.0. The van der Waals surface area contributed by atoms with Crippen molar-refractivity contribution in [3.8, 4) is 0 Å². The molecule has 0 aliphatic rings. The highest BCUT2D eigenvalue weighted by molar-refractivity contribution is 8.77. The lowest BCUT2D eigenvalue weighted by Crippen LogP contribution is -2.38. The van der Waals surface area contributed by atoms with Crippen molar-refractivity contribution >= 4 is 33.4 Å². The molecule has 2 atom stereocenters. The van der Waals surface area contributed by atoms with Crippen LogP contribution in [0, 0.1) is 0 Å². The summed E-state index contributed by atoms with van der Waals surface area (Å²) >= 11 is 0. The highest BCUT2D eigenvalue weighted by Crippen LogP contribution is 2.38. The Labute approximate surface area is 195 Å². The van der Waals surface area contributed by atoms with Crippen molar-refractivity contribution in [1.29, 1.82) is 0 Å². The monoisotopic (exact) mass is 508 g/mol. The number of carbonyl (C=O) groups excluding carboxylic acids is 2. The van der Waals surface area contributed by atoms with Crippen LogP contribution in [0.1, 0.15) is 40.5 Å². The molecule has 32 heavy (non-hydrogen) atoms. The van der Waals surface area contributed by atoms with E-state index >= 15 is 0 Å². The van der Waals surface area contributed by atoms with Gasteiger partial charge < -0.3 is 30.0 Å². The smallest absolute Gasteiger partial charge is 0.391 e. The van der Waals surface area contributed by atoms with Crippen LogP contribution in [0.2, 0.25) is 0 Å². The van der Waals surface area contributed by atoms with Crippen LogP contribution in [0.3, 0.4) is 0 Å². The van der Waals surface area contributed by atoms with Gasteiger partial charge in [-0.2, -0.15) is 13.2 Å². The Morgan fingerprint density at radius 3 is 2.09 bits per heavy atom. The van der Waals surface area contributed by atoms with E-state index in [9.17, 15) is 27.9 Å². The van der Waals surface area contributed by atoms with Crippen molar-refractivity contribution in [3.63, 3.8) is 0 Å². The summed E-state index contributed by atoms with van der Waals surface area (Å²) in [6, 6.07) is 0. The summed E-state index contributed by atoms with van der Waals surface area (Å²) in [5, 5.41) is 13.8. The third kappa shape index (κ3) is 17.8. The van der Waals surface area contributed by atoms with Gasteiger partial charge in [0.25, 0.3) is 0 Å². The summed E-state index contributed by atoms with van der Waals surface area (Å²) in [6.45, 7) is 8.31. The van der Waals surface area contributed by atoms with E-state index in [4.69, 9.17) is 14.2 Å². The lowest BCUT2D eigenvalue weighted by atomic mass is 10.1. The molecule has 0 aliphatic carbocycles. The quantitative estimate of drug-likeness (QED) is 0.147. The van der Waals surface area contributed by atoms with E-state index in [1.54, 1.807) is 33.8 Å². The van der Waals surface area contributed by atoms with E-state index in [1.807, 2.05) is 20.8 Å². The molecule has 0 rings (SSSR count). The predicted molar refractivity (Wildman–Crippen MR) is 119 cm³/mol. The number of hydrogen-bond acceptors (Lipinski definition) is 8. The molecule has 0 saturated carbocycles. The first-order valence-electron chi connectivity index (χ1n) is 10.2. The summed E-state index contributed by atoms with van der Waals surface area (Å²) in [6.07, 6.45) is -4.58. The molecule has 0 aromatic heterocycles. The topological polar surface area (TPSA) is 106 Å². The van der Waals surface area contributed by atoms with Gasteiger partial charge in [0.15, 0.2) is 0 Å². The molecule has 0 radical (unpaired) electrons. The summed E-state index contributed by atoms with van der Waals surface area (Å²) in [7, 11) is 3.18. The van der Waals surface area contributed by atoms with Gasteiger partial charge in [-0.25, -0.2) is 0 Å². The standard InChI is InChI=1S/C19H35F3N2O6S2/c1-14(25)15(2)30-13-31-32-18(3,4)6-5-16(26)23-7-9-28-11-12-29-10-8-24-17(27)19(20,21)22/h14-15,25H,5-13H2,1-4H3,(H,23,26)(H,24,27)/t14?,15-/m1/s1. The Hall–Kier alpha value is -0.730. The SMILES string of the molecule is CC(O)[C@@H](C)OCSSC(C)(C)CCC(=O)NCCOCCOCCNC(=O)C(F)(F)F. The molecule has 0 aromatic rings. The van der Waals surface area contributed by atoms with Gasteiger partial charge in [0.1, 0.15) is 5.94 Å². The van der Waals surface area contributed by atoms with Crippen molar-refractivity contribution < 1.29 is 42.1 Å². The van der Waals surface area contributed by atoms with Crippen LogP contribution in [-0.2, 0) is 23.8 Å². The van der Waals surface area contributed by atoms with Gasteiger partial charge in [0, 0.05) is 24.3 Å². The summed E-state index contributed by atoms with van der Waals surface area (Å²) in [4.78, 5) is 22.5. The molecule has 0 spiro atoms. The zero-order valence-corrected chi connectivity index (χ0v) is 20.6. The first-order chi connectivity index (χ1) is 14.8. The molecule has 0 aromatic carbocycles. The number of hydrogen-bond donors (Lipinski definition) is 3. The average Bonchev–Trinajstić information content (AvgIpc) is 2.69. The predicted octanol–water partition coefficient (Wildman–Crippen LogP) is 2.50. The minimum atomic E-state index is -4.89. The van der Waals surface area contributed by atoms with E-state index in [-0.39, 0.29) is 49.7 Å². The largest absolute Gasteiger partial charge is 0.471 e. The molecular formula is C19H35F3N2O6S2. The lowest BCUT2D eigenvalue weighted by molar-refractivity contribution is -0.173. The van der Waals surface area contributed by atoms with Crippen LogP contribution in [0.15, 0.2) is 0 Å². The number of ether oxygens (including phenoxy) is 3. The Morgan fingerprint density at radius 2 is 1.56 bits per heavy atom. The van der Waals surface area contributed by atoms with E-state index in [0.717, 1.165) is 0 Å². The molecule has 1 unspecified atom stereocenters. The van der Waals surface area contributed by atoms with E-state index in [0.29, 0.717) is 25.3 Å². The number of amides is 2. The Bertz CT molecular complexity index is 540. The van der Waals surface area contributed by atoms with Crippen LogP contribution in [0.5, 0.6) is 0 Å². The molecule has 0 saturated heterocycles. The normalized spacial score (nSPS) is 14.1. The fraction of sp³-hybridized carbons (Fsp3) is 0.895. The van der Waals surface area contributed by atoms with Crippen LogP contribution in [-0.4, -0.2) is 85.5 Å². The van der Waals surface area contributed by atoms with Gasteiger partial charge in [-0.1, -0.05) is 21.6 Å². The fourth-order valence-electron chi connectivity index (χ4n) is 1.92. The molecule has 3 N–H and O–H groups in total. The molecule has 2 amide bonds. The summed E-state index contributed by atoms with van der Waals surface area (Å²) in [5.74, 6) is -1.62. The van der Waals surface area contributed by atoms with Gasteiger partial charge in [-0.05, 0) is 34.1 Å². The van der Waals surface area contributed by atoms with E-state index in [1.165, 1.54) is 0 Å². The fourth-order valence-corrected chi connectivity index (χ4v) is 4.26. The minimum absolute atomic E-state index is 0.0558. The van der Waals surface area contributed by atoms with Crippen LogP contribution in [0.4, 0.5) is 13.2 Å². The maximum atomic E-state index is 12.0. The maximum Gasteiger partial charge on any atom is 0.471 e. The van der Waals surface area contributed by atoms with Crippen molar-refractivity contribution in [3.05, 3.63) is 0 Å².